The lowest BCUT2D eigenvalue weighted by molar-refractivity contribution is 0.0986. The highest BCUT2D eigenvalue weighted by molar-refractivity contribution is 7.98. The predicted octanol–water partition coefficient (Wildman–Crippen LogP) is 6.36. The number of nitrogens with one attached hydrogen (secondary N) is 1. The maximum absolute atomic E-state index is 13.2. The van der Waals surface area contributed by atoms with E-state index in [1.54, 1.807) is 35.6 Å². The highest BCUT2D eigenvalue weighted by atomic mass is 35.5. The zero-order chi connectivity index (χ0) is 21.1. The van der Waals surface area contributed by atoms with E-state index in [2.05, 4.69) is 5.32 Å². The number of hydrogen-bond donors (Lipinski definition) is 1. The molecular weight excluding hydrogens is 436 g/mol. The minimum atomic E-state index is -0.203. The molecule has 0 radical (unpaired) electrons. The van der Waals surface area contributed by atoms with Crippen LogP contribution in [0.1, 0.15) is 38.4 Å². The summed E-state index contributed by atoms with van der Waals surface area (Å²) < 4.78 is 0. The van der Waals surface area contributed by atoms with Crippen molar-refractivity contribution >= 4 is 57.9 Å². The van der Waals surface area contributed by atoms with Crippen LogP contribution >= 0.6 is 34.7 Å². The summed E-state index contributed by atoms with van der Waals surface area (Å²) in [5.74, 6) is -0.308. The Morgan fingerprint density at radius 1 is 1.10 bits per heavy atom. The Kier molecular flexibility index (Phi) is 6.46. The van der Waals surface area contributed by atoms with E-state index in [1.165, 1.54) is 16.6 Å². The summed E-state index contributed by atoms with van der Waals surface area (Å²) in [6.45, 7) is 0.683. The van der Waals surface area contributed by atoms with Gasteiger partial charge in [-0.15, -0.1) is 23.1 Å². The molecule has 3 aromatic rings. The Morgan fingerprint density at radius 2 is 1.93 bits per heavy atom. The summed E-state index contributed by atoms with van der Waals surface area (Å²) in [5.41, 5.74) is 2.60. The molecule has 2 amide bonds. The van der Waals surface area contributed by atoms with Gasteiger partial charge in [-0.25, -0.2) is 0 Å². The molecule has 0 spiro atoms. The number of nitrogens with zero attached hydrogens (tertiary/aromatic N) is 1. The second-order valence-corrected chi connectivity index (χ2v) is 9.25. The first-order chi connectivity index (χ1) is 14.6. The highest BCUT2D eigenvalue weighted by Gasteiger charge is 2.25. The SMILES string of the molecule is CSc1ccccc1C(=O)Nc1ccc(C(=O)N2CCCCc3sccc32)c(Cl)c1. The number of thiophene rings is 1. The summed E-state index contributed by atoms with van der Waals surface area (Å²) in [4.78, 5) is 29.9. The van der Waals surface area contributed by atoms with Gasteiger partial charge in [0, 0.05) is 22.0 Å². The third kappa shape index (κ3) is 4.26. The number of rotatable bonds is 4. The van der Waals surface area contributed by atoms with Crippen molar-refractivity contribution in [3.05, 3.63) is 74.9 Å². The predicted molar refractivity (Wildman–Crippen MR) is 127 cm³/mol. The molecule has 0 aliphatic carbocycles. The van der Waals surface area contributed by atoms with E-state index in [0.717, 1.165) is 29.8 Å². The summed E-state index contributed by atoms with van der Waals surface area (Å²) in [6.07, 6.45) is 4.99. The number of benzene rings is 2. The van der Waals surface area contributed by atoms with Crippen LogP contribution in [-0.4, -0.2) is 24.6 Å². The van der Waals surface area contributed by atoms with Gasteiger partial charge in [-0.3, -0.25) is 9.59 Å². The molecule has 2 aromatic carbocycles. The van der Waals surface area contributed by atoms with Crippen molar-refractivity contribution in [2.45, 2.75) is 24.2 Å². The van der Waals surface area contributed by atoms with E-state index >= 15 is 0 Å². The molecule has 0 saturated heterocycles. The molecule has 1 aliphatic heterocycles. The van der Waals surface area contributed by atoms with Gasteiger partial charge >= 0.3 is 0 Å². The molecule has 7 heteroatoms. The number of anilines is 2. The first kappa shape index (κ1) is 21.0. The van der Waals surface area contributed by atoms with Crippen molar-refractivity contribution in [1.29, 1.82) is 0 Å². The minimum Gasteiger partial charge on any atom is -0.322 e. The molecule has 154 valence electrons. The van der Waals surface area contributed by atoms with Crippen LogP contribution in [-0.2, 0) is 6.42 Å². The molecule has 2 heterocycles. The van der Waals surface area contributed by atoms with Gasteiger partial charge in [0.2, 0.25) is 0 Å². The first-order valence-electron chi connectivity index (χ1n) is 9.70. The van der Waals surface area contributed by atoms with Crippen LogP contribution in [0.4, 0.5) is 11.4 Å². The van der Waals surface area contributed by atoms with Crippen LogP contribution in [0.2, 0.25) is 5.02 Å². The molecule has 4 rings (SSSR count). The van der Waals surface area contributed by atoms with Crippen molar-refractivity contribution in [2.24, 2.45) is 0 Å². The average Bonchev–Trinajstić information content (AvgIpc) is 3.12. The topological polar surface area (TPSA) is 49.4 Å². The molecule has 4 nitrogen and oxygen atoms in total. The molecular formula is C23H21ClN2O2S2. The van der Waals surface area contributed by atoms with E-state index in [4.69, 9.17) is 11.6 Å². The molecule has 0 saturated carbocycles. The van der Waals surface area contributed by atoms with Crippen molar-refractivity contribution in [1.82, 2.24) is 0 Å². The van der Waals surface area contributed by atoms with Gasteiger partial charge in [0.25, 0.3) is 11.8 Å². The highest BCUT2D eigenvalue weighted by Crippen LogP contribution is 2.33. The Morgan fingerprint density at radius 3 is 2.73 bits per heavy atom. The zero-order valence-corrected chi connectivity index (χ0v) is 18.9. The van der Waals surface area contributed by atoms with Crippen LogP contribution in [0.15, 0.2) is 58.8 Å². The van der Waals surface area contributed by atoms with Gasteiger partial charge in [0.05, 0.1) is 21.8 Å². The molecule has 1 aromatic heterocycles. The van der Waals surface area contributed by atoms with Crippen LogP contribution in [0.5, 0.6) is 0 Å². The van der Waals surface area contributed by atoms with Gasteiger partial charge < -0.3 is 10.2 Å². The fourth-order valence-electron chi connectivity index (χ4n) is 3.59. The fraction of sp³-hybridized carbons (Fsp3) is 0.217. The lowest BCUT2D eigenvalue weighted by Gasteiger charge is -2.22. The second-order valence-electron chi connectivity index (χ2n) is 6.99. The van der Waals surface area contributed by atoms with E-state index in [0.29, 0.717) is 28.4 Å². The van der Waals surface area contributed by atoms with Gasteiger partial charge in [-0.2, -0.15) is 0 Å². The largest absolute Gasteiger partial charge is 0.322 e. The van der Waals surface area contributed by atoms with E-state index in [9.17, 15) is 9.59 Å². The molecule has 0 bridgehead atoms. The molecule has 1 N–H and O–H groups in total. The first-order valence-corrected chi connectivity index (χ1v) is 12.2. The van der Waals surface area contributed by atoms with Crippen LogP contribution in [0.3, 0.4) is 0 Å². The summed E-state index contributed by atoms with van der Waals surface area (Å²) in [7, 11) is 0. The maximum Gasteiger partial charge on any atom is 0.259 e. The summed E-state index contributed by atoms with van der Waals surface area (Å²) in [5, 5.41) is 5.24. The average molecular weight is 457 g/mol. The molecule has 0 unspecified atom stereocenters. The summed E-state index contributed by atoms with van der Waals surface area (Å²) >= 11 is 9.69. The number of fused-ring (bicyclic) bond motifs is 1. The minimum absolute atomic E-state index is 0.104. The van der Waals surface area contributed by atoms with E-state index in [-0.39, 0.29) is 11.8 Å². The number of carbonyl (C=O) groups is 2. The van der Waals surface area contributed by atoms with Crippen molar-refractivity contribution in [2.75, 3.05) is 23.0 Å². The second kappa shape index (κ2) is 9.25. The number of carbonyl (C=O) groups excluding carboxylic acids is 2. The van der Waals surface area contributed by atoms with Crippen LogP contribution in [0, 0.1) is 0 Å². The molecule has 1 aliphatic rings. The smallest absolute Gasteiger partial charge is 0.259 e. The quantitative estimate of drug-likeness (QED) is 0.465. The van der Waals surface area contributed by atoms with E-state index < -0.39 is 0 Å². The molecule has 0 atom stereocenters. The normalized spacial score (nSPS) is 13.5. The standard InChI is InChI=1S/C23H21ClN2O2S2/c1-29-20-7-3-2-6-17(20)22(27)25-15-9-10-16(18(24)14-15)23(28)26-12-5-4-8-21-19(26)11-13-30-21/h2-3,6-7,9-11,13-14H,4-5,8,12H2,1H3,(H,25,27). The Bertz CT molecular complexity index is 1100. The van der Waals surface area contributed by atoms with Crippen molar-refractivity contribution in [3.8, 4) is 0 Å². The third-order valence-electron chi connectivity index (χ3n) is 5.10. The Labute approximate surface area is 189 Å². The lowest BCUT2D eigenvalue weighted by Crippen LogP contribution is -2.31. The zero-order valence-electron chi connectivity index (χ0n) is 16.5. The molecule has 30 heavy (non-hydrogen) atoms. The van der Waals surface area contributed by atoms with Gasteiger partial charge in [-0.1, -0.05) is 23.7 Å². The number of halogens is 1. The molecule has 0 fully saturated rings. The number of hydrogen-bond acceptors (Lipinski definition) is 4. The van der Waals surface area contributed by atoms with Gasteiger partial charge in [-0.05, 0) is 67.3 Å². The van der Waals surface area contributed by atoms with Crippen molar-refractivity contribution < 1.29 is 9.59 Å². The third-order valence-corrected chi connectivity index (χ3v) is 7.18. The van der Waals surface area contributed by atoms with Crippen LogP contribution < -0.4 is 10.2 Å². The lowest BCUT2D eigenvalue weighted by atomic mass is 10.1. The summed E-state index contributed by atoms with van der Waals surface area (Å²) in [6, 6.07) is 14.5. The Balaban J connectivity index is 1.55. The maximum atomic E-state index is 13.2. The van der Waals surface area contributed by atoms with Gasteiger partial charge in [0.15, 0.2) is 0 Å². The number of amides is 2. The van der Waals surface area contributed by atoms with Crippen molar-refractivity contribution in [3.63, 3.8) is 0 Å². The number of thioether (sulfide) groups is 1. The monoisotopic (exact) mass is 456 g/mol. The number of aryl methyl sites for hydroxylation is 1. The Hall–Kier alpha value is -2.28. The van der Waals surface area contributed by atoms with E-state index in [1.807, 2.05) is 40.8 Å². The van der Waals surface area contributed by atoms with Crippen LogP contribution in [0.25, 0.3) is 0 Å². The van der Waals surface area contributed by atoms with Gasteiger partial charge in [0.1, 0.15) is 0 Å². The fourth-order valence-corrected chi connectivity index (χ4v) is 5.37.